The van der Waals surface area contributed by atoms with E-state index in [-0.39, 0.29) is 18.1 Å². The summed E-state index contributed by atoms with van der Waals surface area (Å²) in [5.74, 6) is -0.870. The first kappa shape index (κ1) is 13.2. The van der Waals surface area contributed by atoms with Crippen LogP contribution in [0.3, 0.4) is 0 Å². The number of halogens is 1. The van der Waals surface area contributed by atoms with Crippen molar-refractivity contribution in [2.24, 2.45) is 0 Å². The van der Waals surface area contributed by atoms with Crippen molar-refractivity contribution in [3.63, 3.8) is 0 Å². The quantitative estimate of drug-likeness (QED) is 0.766. The number of nitrogens with one attached hydrogen (secondary N) is 1. The zero-order valence-electron chi connectivity index (χ0n) is 10.8. The van der Waals surface area contributed by atoms with Gasteiger partial charge in [-0.25, -0.2) is 8.91 Å². The van der Waals surface area contributed by atoms with Crippen molar-refractivity contribution in [2.75, 3.05) is 5.32 Å². The summed E-state index contributed by atoms with van der Waals surface area (Å²) in [5.41, 5.74) is 1.39. The van der Waals surface area contributed by atoms with E-state index in [2.05, 4.69) is 15.4 Å². The number of amides is 1. The van der Waals surface area contributed by atoms with Gasteiger partial charge in [0.15, 0.2) is 5.65 Å². The van der Waals surface area contributed by atoms with Gasteiger partial charge >= 0.3 is 0 Å². The number of carbonyl (C=O) groups excluding carboxylic acids is 1. The lowest BCUT2D eigenvalue weighted by Gasteiger charge is -2.00. The molecule has 21 heavy (non-hydrogen) atoms. The van der Waals surface area contributed by atoms with Gasteiger partial charge in [0.25, 0.3) is 5.91 Å². The highest BCUT2D eigenvalue weighted by molar-refractivity contribution is 6.03. The Kier molecular flexibility index (Phi) is 3.33. The predicted octanol–water partition coefficient (Wildman–Crippen LogP) is 1.61. The van der Waals surface area contributed by atoms with Gasteiger partial charge in [-0.2, -0.15) is 4.98 Å². The molecule has 1 aromatic carbocycles. The second kappa shape index (κ2) is 5.29. The van der Waals surface area contributed by atoms with Crippen molar-refractivity contribution in [3.8, 4) is 0 Å². The molecule has 0 bridgehead atoms. The van der Waals surface area contributed by atoms with Gasteiger partial charge in [0.1, 0.15) is 5.82 Å². The van der Waals surface area contributed by atoms with Crippen molar-refractivity contribution in [3.05, 3.63) is 59.5 Å². The summed E-state index contributed by atoms with van der Waals surface area (Å²) in [6.07, 6.45) is 1.61. The minimum absolute atomic E-state index is 0.110. The van der Waals surface area contributed by atoms with E-state index in [9.17, 15) is 9.18 Å². The normalized spacial score (nSPS) is 10.8. The topological polar surface area (TPSA) is 79.5 Å². The third-order valence-corrected chi connectivity index (χ3v) is 2.89. The van der Waals surface area contributed by atoms with E-state index in [0.29, 0.717) is 11.2 Å². The maximum Gasteiger partial charge on any atom is 0.258 e. The molecule has 0 aliphatic carbocycles. The van der Waals surface area contributed by atoms with E-state index >= 15 is 0 Å². The lowest BCUT2D eigenvalue weighted by molar-refractivity contribution is 0.102. The van der Waals surface area contributed by atoms with Gasteiger partial charge in [-0.3, -0.25) is 10.1 Å². The first-order valence-electron chi connectivity index (χ1n) is 6.19. The van der Waals surface area contributed by atoms with Crippen LogP contribution in [-0.4, -0.2) is 25.6 Å². The molecule has 0 saturated carbocycles. The van der Waals surface area contributed by atoms with Crippen LogP contribution >= 0.6 is 0 Å². The fourth-order valence-corrected chi connectivity index (χ4v) is 1.88. The summed E-state index contributed by atoms with van der Waals surface area (Å²) in [5, 5.41) is 15.6. The first-order valence-corrected chi connectivity index (χ1v) is 6.19. The van der Waals surface area contributed by atoms with Crippen molar-refractivity contribution in [1.29, 1.82) is 0 Å². The van der Waals surface area contributed by atoms with Crippen LogP contribution in [0.4, 0.5) is 10.3 Å². The molecule has 0 unspecified atom stereocenters. The van der Waals surface area contributed by atoms with Crippen molar-refractivity contribution < 1.29 is 14.3 Å². The Bertz CT molecular complexity index is 816. The molecule has 106 valence electrons. The minimum atomic E-state index is -0.493. The number of hydrogen-bond donors (Lipinski definition) is 2. The number of anilines is 1. The Morgan fingerprint density at radius 1 is 1.33 bits per heavy atom. The Balaban J connectivity index is 1.86. The Hall–Kier alpha value is -2.80. The van der Waals surface area contributed by atoms with Crippen LogP contribution in [0.15, 0.2) is 42.6 Å². The highest BCUT2D eigenvalue weighted by Gasteiger charge is 2.10. The average Bonchev–Trinajstić information content (AvgIpc) is 2.88. The zero-order valence-corrected chi connectivity index (χ0v) is 10.8. The summed E-state index contributed by atoms with van der Waals surface area (Å²) < 4.78 is 14.5. The number of benzene rings is 1. The molecule has 0 aliphatic rings. The van der Waals surface area contributed by atoms with Crippen LogP contribution < -0.4 is 5.32 Å². The molecule has 2 heterocycles. The smallest absolute Gasteiger partial charge is 0.258 e. The number of pyridine rings is 1. The largest absolute Gasteiger partial charge is 0.392 e. The molecule has 7 heteroatoms. The molecule has 3 aromatic rings. The van der Waals surface area contributed by atoms with Gasteiger partial charge in [0.05, 0.1) is 6.61 Å². The fourth-order valence-electron chi connectivity index (χ4n) is 1.88. The van der Waals surface area contributed by atoms with Gasteiger partial charge in [0.2, 0.25) is 5.95 Å². The maximum absolute atomic E-state index is 13.1. The van der Waals surface area contributed by atoms with E-state index in [1.165, 1.54) is 22.7 Å². The molecule has 0 fully saturated rings. The number of fused-ring (bicyclic) bond motifs is 1. The highest BCUT2D eigenvalue weighted by atomic mass is 19.1. The first-order chi connectivity index (χ1) is 10.2. The van der Waals surface area contributed by atoms with E-state index in [4.69, 9.17) is 5.11 Å². The molecule has 3 rings (SSSR count). The molecule has 0 atom stereocenters. The van der Waals surface area contributed by atoms with Crippen molar-refractivity contribution in [1.82, 2.24) is 14.6 Å². The monoisotopic (exact) mass is 286 g/mol. The molecular formula is C14H11FN4O2. The average molecular weight is 286 g/mol. The van der Waals surface area contributed by atoms with Crippen LogP contribution in [0, 0.1) is 5.82 Å². The van der Waals surface area contributed by atoms with Gasteiger partial charge < -0.3 is 5.11 Å². The number of aliphatic hydroxyl groups excluding tert-OH is 1. The molecule has 0 spiro atoms. The van der Waals surface area contributed by atoms with Crippen LogP contribution in [0.5, 0.6) is 0 Å². The molecule has 1 amide bonds. The van der Waals surface area contributed by atoms with Crippen LogP contribution in [0.25, 0.3) is 5.65 Å². The summed E-state index contributed by atoms with van der Waals surface area (Å²) in [7, 11) is 0. The van der Waals surface area contributed by atoms with Crippen LogP contribution in [0.2, 0.25) is 0 Å². The second-order valence-electron chi connectivity index (χ2n) is 4.40. The Labute approximate surface area is 118 Å². The summed E-state index contributed by atoms with van der Waals surface area (Å²) in [4.78, 5) is 16.1. The van der Waals surface area contributed by atoms with Gasteiger partial charge in [0, 0.05) is 11.8 Å². The highest BCUT2D eigenvalue weighted by Crippen LogP contribution is 2.10. The Morgan fingerprint density at radius 2 is 2.19 bits per heavy atom. The summed E-state index contributed by atoms with van der Waals surface area (Å²) in [6, 6.07) is 8.73. The number of rotatable bonds is 3. The predicted molar refractivity (Wildman–Crippen MR) is 73.3 cm³/mol. The number of carbonyl (C=O) groups is 1. The zero-order chi connectivity index (χ0) is 14.8. The summed E-state index contributed by atoms with van der Waals surface area (Å²) >= 11 is 0. The standard InChI is InChI=1S/C14H11FN4O2/c15-11-3-1-2-10(6-11)13(21)17-14-16-12-5-4-9(8-20)7-19(12)18-14/h1-7,20H,8H2,(H,17,18,21). The number of hydrogen-bond acceptors (Lipinski definition) is 4. The van der Waals surface area contributed by atoms with Crippen molar-refractivity contribution >= 4 is 17.5 Å². The summed E-state index contributed by atoms with van der Waals surface area (Å²) in [6.45, 7) is -0.110. The second-order valence-corrected chi connectivity index (χ2v) is 4.40. The third kappa shape index (κ3) is 2.72. The lowest BCUT2D eigenvalue weighted by Crippen LogP contribution is -2.13. The van der Waals surface area contributed by atoms with E-state index in [1.807, 2.05) is 0 Å². The molecule has 6 nitrogen and oxygen atoms in total. The number of aliphatic hydroxyl groups is 1. The third-order valence-electron chi connectivity index (χ3n) is 2.89. The van der Waals surface area contributed by atoms with Gasteiger partial charge in [-0.1, -0.05) is 12.1 Å². The number of nitrogens with zero attached hydrogens (tertiary/aromatic N) is 3. The molecule has 2 N–H and O–H groups in total. The molecular weight excluding hydrogens is 275 g/mol. The Morgan fingerprint density at radius 3 is 2.95 bits per heavy atom. The lowest BCUT2D eigenvalue weighted by atomic mass is 10.2. The molecule has 2 aromatic heterocycles. The SMILES string of the molecule is O=C(Nc1nc2ccc(CO)cn2n1)c1cccc(F)c1. The van der Waals surface area contributed by atoms with Crippen LogP contribution in [0.1, 0.15) is 15.9 Å². The van der Waals surface area contributed by atoms with E-state index < -0.39 is 11.7 Å². The van der Waals surface area contributed by atoms with Crippen LogP contribution in [-0.2, 0) is 6.61 Å². The minimum Gasteiger partial charge on any atom is -0.392 e. The fraction of sp³-hybridized carbons (Fsp3) is 0.0714. The van der Waals surface area contributed by atoms with Gasteiger partial charge in [-0.15, -0.1) is 5.10 Å². The van der Waals surface area contributed by atoms with Crippen molar-refractivity contribution in [2.45, 2.75) is 6.61 Å². The molecule has 0 aliphatic heterocycles. The van der Waals surface area contributed by atoms with Gasteiger partial charge in [-0.05, 0) is 29.8 Å². The number of aromatic nitrogens is 3. The van der Waals surface area contributed by atoms with E-state index in [0.717, 1.165) is 6.07 Å². The maximum atomic E-state index is 13.1. The molecule has 0 saturated heterocycles. The molecule has 0 radical (unpaired) electrons. The van der Waals surface area contributed by atoms with E-state index in [1.54, 1.807) is 18.3 Å².